The summed E-state index contributed by atoms with van der Waals surface area (Å²) in [6.07, 6.45) is -10.7. The van der Waals surface area contributed by atoms with Crippen LogP contribution in [0.3, 0.4) is 0 Å². The minimum absolute atomic E-state index is 0.874. The van der Waals surface area contributed by atoms with Gasteiger partial charge in [-0.25, -0.2) is 14.0 Å². The van der Waals surface area contributed by atoms with Crippen molar-refractivity contribution >= 4 is 17.9 Å². The van der Waals surface area contributed by atoms with Gasteiger partial charge in [0.25, 0.3) is 0 Å². The Labute approximate surface area is 175 Å². The highest BCUT2D eigenvalue weighted by molar-refractivity contribution is 5.94. The van der Waals surface area contributed by atoms with Gasteiger partial charge in [-0.1, -0.05) is 20.8 Å². The molecule has 6 aliphatic rings. The Morgan fingerprint density at radius 3 is 2.26 bits per heavy atom. The van der Waals surface area contributed by atoms with Gasteiger partial charge >= 0.3 is 17.9 Å². The van der Waals surface area contributed by atoms with Crippen molar-refractivity contribution in [3.63, 3.8) is 0 Å². The number of rotatable bonds is 0. The van der Waals surface area contributed by atoms with Crippen LogP contribution in [-0.2, 0) is 33.3 Å². The summed E-state index contributed by atoms with van der Waals surface area (Å²) in [5.41, 5.74) is -9.91. The van der Waals surface area contributed by atoms with Crippen LogP contribution in [0.4, 0.5) is 4.39 Å². The number of ether oxygens (including phenoxy) is 4. The normalized spacial score (nSPS) is 61.0. The van der Waals surface area contributed by atoms with E-state index in [0.717, 1.165) is 0 Å². The Bertz CT molecular complexity index is 962. The Morgan fingerprint density at radius 1 is 1.00 bits per heavy atom. The van der Waals surface area contributed by atoms with Crippen molar-refractivity contribution < 1.29 is 53.0 Å². The van der Waals surface area contributed by atoms with Gasteiger partial charge in [0.1, 0.15) is 18.4 Å². The van der Waals surface area contributed by atoms with Crippen LogP contribution in [0, 0.1) is 28.1 Å². The molecule has 7 unspecified atom stereocenters. The molecule has 4 aliphatic heterocycles. The van der Waals surface area contributed by atoms with Gasteiger partial charge in [-0.2, -0.15) is 0 Å². The Morgan fingerprint density at radius 2 is 1.65 bits per heavy atom. The second kappa shape index (κ2) is 4.90. The van der Waals surface area contributed by atoms with Crippen LogP contribution in [0.25, 0.3) is 0 Å². The lowest BCUT2D eigenvalue weighted by atomic mass is 9.51. The minimum Gasteiger partial charge on any atom is -0.456 e. The molecule has 170 valence electrons. The summed E-state index contributed by atoms with van der Waals surface area (Å²) in [5, 5.41) is 34.5. The molecule has 0 aromatic carbocycles. The summed E-state index contributed by atoms with van der Waals surface area (Å²) in [4.78, 5) is 38.2. The molecule has 0 aromatic rings. The Kier molecular flexibility index (Phi) is 3.14. The molecule has 6 rings (SSSR count). The quantitative estimate of drug-likeness (QED) is 0.301. The van der Waals surface area contributed by atoms with E-state index >= 15 is 4.39 Å². The second-order valence-corrected chi connectivity index (χ2v) is 10.7. The number of hydrogen-bond acceptors (Lipinski definition) is 10. The number of aliphatic hydroxyl groups excluding tert-OH is 2. The lowest BCUT2D eigenvalue weighted by Gasteiger charge is -2.47. The van der Waals surface area contributed by atoms with E-state index in [0.29, 0.717) is 0 Å². The van der Waals surface area contributed by atoms with Gasteiger partial charge in [-0.15, -0.1) is 0 Å². The summed E-state index contributed by atoms with van der Waals surface area (Å²) in [5.74, 6) is -5.65. The average Bonchev–Trinajstić information content (AvgIpc) is 3.35. The molecule has 0 bridgehead atoms. The van der Waals surface area contributed by atoms with Crippen molar-refractivity contribution in [2.24, 2.45) is 28.1 Å². The van der Waals surface area contributed by atoms with E-state index in [1.165, 1.54) is 6.92 Å². The smallest absolute Gasteiger partial charge is 0.343 e. The molecule has 2 saturated carbocycles. The molecule has 2 aliphatic carbocycles. The molecule has 4 saturated heterocycles. The standard InChI is InChI=1S/C20H23FO10/c1-5-12(24)28-11-8(22)18-10-6(21)7(16(2,3)4)17(18)9(23)13(25)30-15(17)31-20(18,14(26)29-10)19(5,11)27/h5-11,15,22-23,27H,1-4H3/t5-,6-,7?,8+,9+,10?,11?,15?,17?,18?,19-,20?/m1/s1. The lowest BCUT2D eigenvalue weighted by Crippen LogP contribution is -2.67. The molecule has 0 radical (unpaired) electrons. The molecule has 31 heavy (non-hydrogen) atoms. The van der Waals surface area contributed by atoms with E-state index in [4.69, 9.17) is 18.9 Å². The first kappa shape index (κ1) is 19.8. The van der Waals surface area contributed by atoms with E-state index in [-0.39, 0.29) is 0 Å². The monoisotopic (exact) mass is 442 g/mol. The summed E-state index contributed by atoms with van der Waals surface area (Å²) >= 11 is 0. The fourth-order valence-electron chi connectivity index (χ4n) is 8.19. The highest BCUT2D eigenvalue weighted by Crippen LogP contribution is 2.84. The summed E-state index contributed by atoms with van der Waals surface area (Å²) in [6.45, 7) is 6.36. The number of aliphatic hydroxyl groups is 3. The maximum atomic E-state index is 16.2. The van der Waals surface area contributed by atoms with E-state index < -0.39 is 94.1 Å². The van der Waals surface area contributed by atoms with Gasteiger partial charge in [-0.3, -0.25) is 4.79 Å². The lowest BCUT2D eigenvalue weighted by molar-refractivity contribution is -0.240. The number of carbonyl (C=O) groups is 3. The molecule has 10 nitrogen and oxygen atoms in total. The molecule has 2 spiro atoms. The van der Waals surface area contributed by atoms with Crippen molar-refractivity contribution in [3.05, 3.63) is 0 Å². The third kappa shape index (κ3) is 1.43. The van der Waals surface area contributed by atoms with Gasteiger partial charge < -0.3 is 34.3 Å². The van der Waals surface area contributed by atoms with Crippen molar-refractivity contribution in [2.45, 2.75) is 75.8 Å². The van der Waals surface area contributed by atoms with Gasteiger partial charge in [0.05, 0.1) is 16.7 Å². The maximum Gasteiger partial charge on any atom is 0.343 e. The summed E-state index contributed by atoms with van der Waals surface area (Å²) in [7, 11) is 0. The van der Waals surface area contributed by atoms with Crippen LogP contribution >= 0.6 is 0 Å². The van der Waals surface area contributed by atoms with Crippen LogP contribution in [0.5, 0.6) is 0 Å². The van der Waals surface area contributed by atoms with Crippen LogP contribution in [-0.4, -0.2) is 81.3 Å². The molecule has 11 heteroatoms. The van der Waals surface area contributed by atoms with Crippen LogP contribution in [0.2, 0.25) is 0 Å². The van der Waals surface area contributed by atoms with Crippen LogP contribution < -0.4 is 0 Å². The third-order valence-corrected chi connectivity index (χ3v) is 8.91. The predicted octanol–water partition coefficient (Wildman–Crippen LogP) is -1.42. The van der Waals surface area contributed by atoms with E-state index in [2.05, 4.69) is 0 Å². The molecule has 6 fully saturated rings. The third-order valence-electron chi connectivity index (χ3n) is 8.91. The zero-order chi connectivity index (χ0) is 22.7. The first-order valence-corrected chi connectivity index (χ1v) is 10.3. The van der Waals surface area contributed by atoms with Gasteiger partial charge in [0, 0.05) is 5.92 Å². The van der Waals surface area contributed by atoms with Crippen molar-refractivity contribution in [3.8, 4) is 0 Å². The number of hydrogen-bond donors (Lipinski definition) is 3. The molecular formula is C20H23FO10. The first-order valence-electron chi connectivity index (χ1n) is 10.3. The van der Waals surface area contributed by atoms with Gasteiger partial charge in [0.15, 0.2) is 17.8 Å². The summed E-state index contributed by atoms with van der Waals surface area (Å²) in [6, 6.07) is 0. The largest absolute Gasteiger partial charge is 0.456 e. The highest BCUT2D eigenvalue weighted by atomic mass is 19.1. The fourth-order valence-corrected chi connectivity index (χ4v) is 8.19. The van der Waals surface area contributed by atoms with E-state index in [1.54, 1.807) is 20.8 Å². The molecule has 3 N–H and O–H groups in total. The van der Waals surface area contributed by atoms with Crippen molar-refractivity contribution in [2.75, 3.05) is 0 Å². The fraction of sp³-hybridized carbons (Fsp3) is 0.850. The Balaban J connectivity index is 1.75. The molecule has 0 amide bonds. The van der Waals surface area contributed by atoms with Gasteiger partial charge in [-0.05, 0) is 12.3 Å². The molecule has 4 heterocycles. The van der Waals surface area contributed by atoms with Crippen LogP contribution in [0.1, 0.15) is 27.7 Å². The summed E-state index contributed by atoms with van der Waals surface area (Å²) < 4.78 is 38.1. The number of carbonyl (C=O) groups excluding carboxylic acids is 3. The minimum atomic E-state index is -2.48. The first-order chi connectivity index (χ1) is 14.3. The Hall–Kier alpha value is -1.82. The predicted molar refractivity (Wildman–Crippen MR) is 92.3 cm³/mol. The number of halogens is 1. The average molecular weight is 442 g/mol. The SMILES string of the molecule is C[C@@H]1C(=O)OC2[C@H](O)C34C5OC(=O)C3(OC3OC(=O)[C@H](O)C34C(C(C)(C)C)[C@H]5F)[C@]21O. The zero-order valence-electron chi connectivity index (χ0n) is 17.2. The number of esters is 3. The zero-order valence-corrected chi connectivity index (χ0v) is 17.2. The number of alkyl halides is 1. The number of fused-ring (bicyclic) bond motifs is 1. The van der Waals surface area contributed by atoms with Crippen molar-refractivity contribution in [1.82, 2.24) is 0 Å². The molecule has 12 atom stereocenters. The van der Waals surface area contributed by atoms with Crippen LogP contribution in [0.15, 0.2) is 0 Å². The van der Waals surface area contributed by atoms with E-state index in [9.17, 15) is 29.7 Å². The van der Waals surface area contributed by atoms with Crippen molar-refractivity contribution in [1.29, 1.82) is 0 Å². The highest BCUT2D eigenvalue weighted by Gasteiger charge is 3.05. The topological polar surface area (TPSA) is 149 Å². The second-order valence-electron chi connectivity index (χ2n) is 10.7. The molecular weight excluding hydrogens is 419 g/mol. The van der Waals surface area contributed by atoms with Gasteiger partial charge in [0.2, 0.25) is 11.9 Å². The molecule has 0 aromatic heterocycles. The maximum absolute atomic E-state index is 16.2. The van der Waals surface area contributed by atoms with E-state index in [1.807, 2.05) is 0 Å².